The zero-order valence-electron chi connectivity index (χ0n) is 8.07. The van der Waals surface area contributed by atoms with Gasteiger partial charge in [0.1, 0.15) is 0 Å². The van der Waals surface area contributed by atoms with Gasteiger partial charge in [0.15, 0.2) is 0 Å². The lowest BCUT2D eigenvalue weighted by Gasteiger charge is -2.07. The third-order valence-corrected chi connectivity index (χ3v) is 1.58. The summed E-state index contributed by atoms with van der Waals surface area (Å²) in [6.07, 6.45) is 0. The Bertz CT molecular complexity index is 361. The highest BCUT2D eigenvalue weighted by molar-refractivity contribution is 5.87. The summed E-state index contributed by atoms with van der Waals surface area (Å²) in [5.74, 6) is -1.21. The van der Waals surface area contributed by atoms with E-state index in [1.807, 2.05) is 0 Å². The van der Waals surface area contributed by atoms with Crippen molar-refractivity contribution in [1.29, 1.82) is 0 Å². The number of carbonyl (C=O) groups is 2. The summed E-state index contributed by atoms with van der Waals surface area (Å²) in [7, 11) is 0. The van der Waals surface area contributed by atoms with Crippen LogP contribution >= 0.6 is 0 Å². The summed E-state index contributed by atoms with van der Waals surface area (Å²) in [4.78, 5) is 21.0. The van der Waals surface area contributed by atoms with Crippen LogP contribution in [0.15, 0.2) is 24.3 Å². The topological polar surface area (TPSA) is 90.5 Å². The molecule has 0 aliphatic heterocycles. The van der Waals surface area contributed by atoms with Crippen LogP contribution in [-0.4, -0.2) is 17.0 Å². The highest BCUT2D eigenvalue weighted by atomic mass is 16.4. The van der Waals surface area contributed by atoms with Crippen molar-refractivity contribution in [2.75, 3.05) is 5.43 Å². The van der Waals surface area contributed by atoms with Crippen molar-refractivity contribution in [3.05, 3.63) is 29.8 Å². The molecule has 15 heavy (non-hydrogen) atoms. The minimum absolute atomic E-state index is 0.208. The van der Waals surface area contributed by atoms with Crippen LogP contribution < -0.4 is 16.4 Å². The zero-order valence-corrected chi connectivity index (χ0v) is 8.07. The lowest BCUT2D eigenvalue weighted by atomic mass is 10.2. The lowest BCUT2D eigenvalue weighted by Crippen LogP contribution is -2.39. The molecule has 1 rings (SSSR count). The molecule has 6 nitrogen and oxygen atoms in total. The predicted octanol–water partition coefficient (Wildman–Crippen LogP) is 0.352. The van der Waals surface area contributed by atoms with Crippen molar-refractivity contribution in [2.24, 2.45) is 0 Å². The summed E-state index contributed by atoms with van der Waals surface area (Å²) >= 11 is 0. The monoisotopic (exact) mass is 209 g/mol. The summed E-state index contributed by atoms with van der Waals surface area (Å²) < 4.78 is 0. The molecular weight excluding hydrogens is 198 g/mol. The molecular formula is C9H11N3O3. The number of hydrogen-bond acceptors (Lipinski definition) is 4. The molecule has 0 saturated heterocycles. The maximum Gasteiger partial charge on any atom is 0.335 e. The SMILES string of the molecule is CC(=O)NNNc1ccc(C(=O)O)cc1. The van der Waals surface area contributed by atoms with E-state index in [1.54, 1.807) is 12.1 Å². The van der Waals surface area contributed by atoms with Gasteiger partial charge in [0, 0.05) is 6.92 Å². The number of benzene rings is 1. The van der Waals surface area contributed by atoms with Crippen LogP contribution in [-0.2, 0) is 4.79 Å². The van der Waals surface area contributed by atoms with Gasteiger partial charge in [0.25, 0.3) is 0 Å². The molecule has 1 amide bonds. The van der Waals surface area contributed by atoms with E-state index in [-0.39, 0.29) is 11.5 Å². The van der Waals surface area contributed by atoms with Gasteiger partial charge in [0.2, 0.25) is 5.91 Å². The minimum atomic E-state index is -0.976. The summed E-state index contributed by atoms with van der Waals surface area (Å²) in [6, 6.07) is 6.08. The predicted molar refractivity (Wildman–Crippen MR) is 54.0 cm³/mol. The van der Waals surface area contributed by atoms with Gasteiger partial charge in [0.05, 0.1) is 11.3 Å². The van der Waals surface area contributed by atoms with Crippen LogP contribution in [0.5, 0.6) is 0 Å². The van der Waals surface area contributed by atoms with Crippen molar-refractivity contribution >= 4 is 17.6 Å². The maximum atomic E-state index is 10.5. The van der Waals surface area contributed by atoms with Gasteiger partial charge in [-0.05, 0) is 24.3 Å². The largest absolute Gasteiger partial charge is 0.478 e. The van der Waals surface area contributed by atoms with Crippen LogP contribution in [0, 0.1) is 0 Å². The third kappa shape index (κ3) is 3.65. The number of anilines is 1. The summed E-state index contributed by atoms with van der Waals surface area (Å²) in [5, 5.41) is 8.63. The first-order valence-electron chi connectivity index (χ1n) is 4.20. The van der Waals surface area contributed by atoms with E-state index in [0.717, 1.165) is 0 Å². The molecule has 0 unspecified atom stereocenters. The molecule has 0 aliphatic rings. The molecule has 0 fully saturated rings. The van der Waals surface area contributed by atoms with Gasteiger partial charge >= 0.3 is 5.97 Å². The number of hydrogen-bond donors (Lipinski definition) is 4. The number of carboxylic acid groups (broad SMARTS) is 1. The molecule has 0 aromatic heterocycles. The molecule has 0 saturated carbocycles. The quantitative estimate of drug-likeness (QED) is 0.537. The Kier molecular flexibility index (Phi) is 3.64. The molecule has 80 valence electrons. The van der Waals surface area contributed by atoms with Crippen LogP contribution in [0.3, 0.4) is 0 Å². The van der Waals surface area contributed by atoms with E-state index in [4.69, 9.17) is 5.11 Å². The number of carboxylic acids is 1. The second kappa shape index (κ2) is 4.97. The Morgan fingerprint density at radius 1 is 1.20 bits per heavy atom. The van der Waals surface area contributed by atoms with E-state index >= 15 is 0 Å². The van der Waals surface area contributed by atoms with E-state index in [2.05, 4.69) is 16.4 Å². The normalized spacial score (nSPS) is 9.40. The van der Waals surface area contributed by atoms with E-state index < -0.39 is 5.97 Å². The molecule has 0 spiro atoms. The van der Waals surface area contributed by atoms with Gasteiger partial charge in [-0.2, -0.15) is 0 Å². The molecule has 1 aromatic rings. The molecule has 0 atom stereocenters. The smallest absolute Gasteiger partial charge is 0.335 e. The number of nitrogens with one attached hydrogen (secondary N) is 3. The van der Waals surface area contributed by atoms with Crippen molar-refractivity contribution in [1.82, 2.24) is 11.0 Å². The first kappa shape index (κ1) is 11.0. The molecule has 0 bridgehead atoms. The summed E-state index contributed by atoms with van der Waals surface area (Å²) in [5.41, 5.74) is 8.29. The Morgan fingerprint density at radius 2 is 1.80 bits per heavy atom. The lowest BCUT2D eigenvalue weighted by molar-refractivity contribution is -0.119. The van der Waals surface area contributed by atoms with Crippen molar-refractivity contribution < 1.29 is 14.7 Å². The Hall–Kier alpha value is -2.08. The van der Waals surface area contributed by atoms with Crippen molar-refractivity contribution in [2.45, 2.75) is 6.92 Å². The minimum Gasteiger partial charge on any atom is -0.478 e. The van der Waals surface area contributed by atoms with Crippen molar-refractivity contribution in [3.63, 3.8) is 0 Å². The molecule has 0 radical (unpaired) electrons. The standard InChI is InChI=1S/C9H11N3O3/c1-6(13)10-12-11-8-4-2-7(3-5-8)9(14)15/h2-5,11-12H,1H3,(H,10,13)(H,14,15). The van der Waals surface area contributed by atoms with Crippen molar-refractivity contribution in [3.8, 4) is 0 Å². The summed E-state index contributed by atoms with van der Waals surface area (Å²) in [6.45, 7) is 1.36. The maximum absolute atomic E-state index is 10.5. The number of aromatic carboxylic acids is 1. The van der Waals surface area contributed by atoms with Gasteiger partial charge in [-0.25, -0.2) is 4.79 Å². The van der Waals surface area contributed by atoms with Crippen LogP contribution in [0.1, 0.15) is 17.3 Å². The Labute approximate surface area is 86.2 Å². The van der Waals surface area contributed by atoms with Gasteiger partial charge < -0.3 is 10.5 Å². The Balaban J connectivity index is 2.50. The average molecular weight is 209 g/mol. The molecule has 0 heterocycles. The van der Waals surface area contributed by atoms with E-state index in [9.17, 15) is 9.59 Å². The third-order valence-electron chi connectivity index (χ3n) is 1.58. The highest BCUT2D eigenvalue weighted by Crippen LogP contribution is 2.07. The van der Waals surface area contributed by atoms with Crippen LogP contribution in [0.25, 0.3) is 0 Å². The molecule has 4 N–H and O–H groups in total. The second-order valence-electron chi connectivity index (χ2n) is 2.81. The highest BCUT2D eigenvalue weighted by Gasteiger charge is 2.00. The van der Waals surface area contributed by atoms with Gasteiger partial charge in [-0.3, -0.25) is 10.2 Å². The first-order chi connectivity index (χ1) is 7.09. The fourth-order valence-corrected chi connectivity index (χ4v) is 0.888. The Morgan fingerprint density at radius 3 is 2.27 bits per heavy atom. The number of rotatable bonds is 4. The molecule has 0 aliphatic carbocycles. The van der Waals surface area contributed by atoms with Crippen LogP contribution in [0.4, 0.5) is 5.69 Å². The number of carbonyl (C=O) groups excluding carboxylic acids is 1. The van der Waals surface area contributed by atoms with E-state index in [0.29, 0.717) is 5.69 Å². The fraction of sp³-hybridized carbons (Fsp3) is 0.111. The fourth-order valence-electron chi connectivity index (χ4n) is 0.888. The van der Waals surface area contributed by atoms with Gasteiger partial charge in [-0.15, -0.1) is 5.53 Å². The van der Waals surface area contributed by atoms with E-state index in [1.165, 1.54) is 19.1 Å². The average Bonchev–Trinajstić information content (AvgIpc) is 2.18. The second-order valence-corrected chi connectivity index (χ2v) is 2.81. The first-order valence-corrected chi connectivity index (χ1v) is 4.20. The molecule has 6 heteroatoms. The zero-order chi connectivity index (χ0) is 11.3. The number of amides is 1. The van der Waals surface area contributed by atoms with Gasteiger partial charge in [-0.1, -0.05) is 0 Å². The molecule has 1 aromatic carbocycles. The van der Waals surface area contributed by atoms with Crippen LogP contribution in [0.2, 0.25) is 0 Å². The number of hydrazine groups is 2.